The number of carbonyl (C=O) groups is 1. The number of nitrogens with one attached hydrogen (secondary N) is 1. The number of esters is 1. The summed E-state index contributed by atoms with van der Waals surface area (Å²) in [6.07, 6.45) is 9.23. The van der Waals surface area contributed by atoms with Gasteiger partial charge in [-0.15, -0.1) is 0 Å². The molecule has 0 aliphatic heterocycles. The van der Waals surface area contributed by atoms with E-state index in [1.54, 1.807) is 0 Å². The summed E-state index contributed by atoms with van der Waals surface area (Å²) in [5.41, 5.74) is 5.73. The SMILES string of the molecule is COC(=O)c1ccc2c(C3CCCCC3)c(-c3ccc(Cl)c4cc[nH]c34)n(CCCOS(C)(=O)=O)c2c1. The number of carbonyl (C=O) groups excluding carboxylic acids is 1. The van der Waals surface area contributed by atoms with Crippen molar-refractivity contribution < 1.29 is 22.1 Å². The molecule has 0 unspecified atom stereocenters. The Balaban J connectivity index is 1.76. The average Bonchev–Trinajstić information content (AvgIpc) is 3.50. The predicted octanol–water partition coefficient (Wildman–Crippen LogP) is 6.64. The second kappa shape index (κ2) is 10.5. The number of aryl methyl sites for hydroxylation is 1. The maximum atomic E-state index is 12.4. The Morgan fingerprint density at radius 2 is 1.89 bits per heavy atom. The molecule has 9 heteroatoms. The molecular weight excluding hydrogens is 512 g/mol. The van der Waals surface area contributed by atoms with Crippen LogP contribution >= 0.6 is 11.6 Å². The summed E-state index contributed by atoms with van der Waals surface area (Å²) >= 11 is 6.53. The van der Waals surface area contributed by atoms with Crippen molar-refractivity contribution in [3.05, 3.63) is 58.7 Å². The highest BCUT2D eigenvalue weighted by molar-refractivity contribution is 7.85. The lowest BCUT2D eigenvalue weighted by Gasteiger charge is -2.24. The summed E-state index contributed by atoms with van der Waals surface area (Å²) in [5.74, 6) is -0.0153. The highest BCUT2D eigenvalue weighted by Crippen LogP contribution is 2.46. The molecule has 1 fully saturated rings. The summed E-state index contributed by atoms with van der Waals surface area (Å²) in [5, 5.41) is 2.73. The minimum Gasteiger partial charge on any atom is -0.465 e. The summed E-state index contributed by atoms with van der Waals surface area (Å²) in [4.78, 5) is 15.8. The van der Waals surface area contributed by atoms with Gasteiger partial charge in [0.25, 0.3) is 10.1 Å². The van der Waals surface area contributed by atoms with E-state index in [9.17, 15) is 13.2 Å². The number of H-pyrrole nitrogens is 1. The third-order valence-corrected chi connectivity index (χ3v) is 8.21. The van der Waals surface area contributed by atoms with Crippen LogP contribution in [0.25, 0.3) is 33.1 Å². The largest absolute Gasteiger partial charge is 0.465 e. The van der Waals surface area contributed by atoms with Crippen LogP contribution in [-0.4, -0.2) is 43.9 Å². The van der Waals surface area contributed by atoms with Gasteiger partial charge in [0.15, 0.2) is 0 Å². The lowest BCUT2D eigenvalue weighted by atomic mass is 9.81. The van der Waals surface area contributed by atoms with Crippen molar-refractivity contribution in [3.63, 3.8) is 0 Å². The van der Waals surface area contributed by atoms with Gasteiger partial charge in [-0.1, -0.05) is 36.9 Å². The van der Waals surface area contributed by atoms with Crippen molar-refractivity contribution >= 4 is 49.5 Å². The van der Waals surface area contributed by atoms with Crippen LogP contribution in [0.15, 0.2) is 42.6 Å². The average molecular weight is 543 g/mol. The van der Waals surface area contributed by atoms with Gasteiger partial charge in [0.05, 0.1) is 36.7 Å². The normalized spacial score (nSPS) is 15.0. The van der Waals surface area contributed by atoms with E-state index in [1.165, 1.54) is 31.9 Å². The van der Waals surface area contributed by atoms with Gasteiger partial charge in [0, 0.05) is 39.6 Å². The number of fused-ring (bicyclic) bond motifs is 2. The fraction of sp³-hybridized carbons (Fsp3) is 0.393. The van der Waals surface area contributed by atoms with Crippen LogP contribution in [0.4, 0.5) is 0 Å². The van der Waals surface area contributed by atoms with Gasteiger partial charge in [-0.2, -0.15) is 8.42 Å². The van der Waals surface area contributed by atoms with Crippen molar-refractivity contribution in [1.82, 2.24) is 9.55 Å². The highest BCUT2D eigenvalue weighted by atomic mass is 35.5. The van der Waals surface area contributed by atoms with E-state index in [1.807, 2.05) is 42.6 Å². The Morgan fingerprint density at radius 1 is 1.11 bits per heavy atom. The van der Waals surface area contributed by atoms with Gasteiger partial charge < -0.3 is 14.3 Å². The lowest BCUT2D eigenvalue weighted by Crippen LogP contribution is -2.10. The summed E-state index contributed by atoms with van der Waals surface area (Å²) < 4.78 is 35.4. The Labute approximate surface area is 221 Å². The summed E-state index contributed by atoms with van der Waals surface area (Å²) in [6, 6.07) is 11.7. The second-order valence-corrected chi connectivity index (χ2v) is 11.8. The van der Waals surface area contributed by atoms with Gasteiger partial charge in [-0.05, 0) is 61.1 Å². The summed E-state index contributed by atoms with van der Waals surface area (Å²) in [6.45, 7) is 0.593. The topological polar surface area (TPSA) is 90.4 Å². The van der Waals surface area contributed by atoms with Crippen LogP contribution < -0.4 is 0 Å². The molecular formula is C28H31ClN2O5S. The number of aromatic amines is 1. The quantitative estimate of drug-likeness (QED) is 0.153. The molecule has 2 heterocycles. The number of hydrogen-bond donors (Lipinski definition) is 1. The van der Waals surface area contributed by atoms with Crippen LogP contribution in [0, 0.1) is 0 Å². The molecule has 196 valence electrons. The first-order valence-corrected chi connectivity index (χ1v) is 14.8. The number of benzene rings is 2. The van der Waals surface area contributed by atoms with Crippen LogP contribution in [0.5, 0.6) is 0 Å². The lowest BCUT2D eigenvalue weighted by molar-refractivity contribution is 0.0601. The van der Waals surface area contributed by atoms with E-state index in [4.69, 9.17) is 20.5 Å². The molecule has 0 saturated heterocycles. The van der Waals surface area contributed by atoms with Crippen LogP contribution in [0.2, 0.25) is 5.02 Å². The molecule has 2 aromatic heterocycles. The molecule has 0 radical (unpaired) electrons. The van der Waals surface area contributed by atoms with Crippen LogP contribution in [0.3, 0.4) is 0 Å². The number of nitrogens with zero attached hydrogens (tertiary/aromatic N) is 1. The Kier molecular flexibility index (Phi) is 7.34. The van der Waals surface area contributed by atoms with Gasteiger partial charge in [-0.25, -0.2) is 4.79 Å². The van der Waals surface area contributed by atoms with E-state index in [0.717, 1.165) is 52.2 Å². The number of halogens is 1. The predicted molar refractivity (Wildman–Crippen MR) is 147 cm³/mol. The molecule has 1 aliphatic rings. The van der Waals surface area contributed by atoms with E-state index < -0.39 is 16.1 Å². The first kappa shape index (κ1) is 25.8. The monoisotopic (exact) mass is 542 g/mol. The molecule has 2 aromatic carbocycles. The molecule has 0 atom stereocenters. The summed E-state index contributed by atoms with van der Waals surface area (Å²) in [7, 11) is -2.16. The zero-order valence-corrected chi connectivity index (χ0v) is 22.6. The molecule has 1 N–H and O–H groups in total. The second-order valence-electron chi connectivity index (χ2n) is 9.71. The van der Waals surface area contributed by atoms with E-state index in [-0.39, 0.29) is 6.61 Å². The smallest absolute Gasteiger partial charge is 0.337 e. The van der Waals surface area contributed by atoms with Gasteiger partial charge in [0.2, 0.25) is 0 Å². The first-order chi connectivity index (χ1) is 17.8. The third kappa shape index (κ3) is 5.15. The molecule has 1 aliphatic carbocycles. The molecule has 1 saturated carbocycles. The van der Waals surface area contributed by atoms with Gasteiger partial charge in [0.1, 0.15) is 0 Å². The van der Waals surface area contributed by atoms with Crippen molar-refractivity contribution in [3.8, 4) is 11.3 Å². The molecule has 37 heavy (non-hydrogen) atoms. The number of hydrogen-bond acceptors (Lipinski definition) is 5. The molecule has 0 amide bonds. The van der Waals surface area contributed by atoms with E-state index >= 15 is 0 Å². The number of ether oxygens (including phenoxy) is 1. The number of rotatable bonds is 8. The fourth-order valence-corrected chi connectivity index (χ4v) is 6.34. The molecule has 0 bridgehead atoms. The van der Waals surface area contributed by atoms with Gasteiger partial charge >= 0.3 is 5.97 Å². The molecule has 5 rings (SSSR count). The first-order valence-electron chi connectivity index (χ1n) is 12.6. The van der Waals surface area contributed by atoms with Crippen molar-refractivity contribution in [1.29, 1.82) is 0 Å². The third-order valence-electron chi connectivity index (χ3n) is 7.29. The van der Waals surface area contributed by atoms with Crippen molar-refractivity contribution in [2.75, 3.05) is 20.0 Å². The minimum absolute atomic E-state index is 0.0753. The maximum Gasteiger partial charge on any atom is 0.337 e. The zero-order chi connectivity index (χ0) is 26.2. The van der Waals surface area contributed by atoms with Crippen molar-refractivity contribution in [2.45, 2.75) is 51.0 Å². The van der Waals surface area contributed by atoms with Crippen molar-refractivity contribution in [2.24, 2.45) is 0 Å². The van der Waals surface area contributed by atoms with E-state index in [0.29, 0.717) is 29.5 Å². The van der Waals surface area contributed by atoms with Gasteiger partial charge in [-0.3, -0.25) is 4.18 Å². The Hall–Kier alpha value is -2.81. The Bertz CT molecular complexity index is 1560. The molecule has 7 nitrogen and oxygen atoms in total. The zero-order valence-electron chi connectivity index (χ0n) is 21.1. The van der Waals surface area contributed by atoms with E-state index in [2.05, 4.69) is 9.55 Å². The van der Waals surface area contributed by atoms with Crippen LogP contribution in [-0.2, 0) is 25.6 Å². The Morgan fingerprint density at radius 3 is 2.62 bits per heavy atom. The molecule has 0 spiro atoms. The maximum absolute atomic E-state index is 12.4. The van der Waals surface area contributed by atoms with Crippen LogP contribution in [0.1, 0.15) is 60.4 Å². The fourth-order valence-electron chi connectivity index (χ4n) is 5.70. The molecule has 4 aromatic rings. The standard InChI is InChI=1S/C28H31ClN2O5S/c1-35-28(32)19-9-10-21-24(17-19)31(15-6-16-36-37(2,33)34)27(25(21)18-7-4-3-5-8-18)22-11-12-23(29)20-13-14-30-26(20)22/h9-14,17-18,30H,3-8,15-16H2,1-2H3. The minimum atomic E-state index is -3.53. The highest BCUT2D eigenvalue weighted by Gasteiger charge is 2.28. The number of aromatic nitrogens is 2. The number of methoxy groups -OCH3 is 1.